The van der Waals surface area contributed by atoms with Gasteiger partial charge in [-0.25, -0.2) is 0 Å². The van der Waals surface area contributed by atoms with Crippen molar-refractivity contribution in [1.82, 2.24) is 0 Å². The van der Waals surface area contributed by atoms with Gasteiger partial charge in [-0.3, -0.25) is 0 Å². The predicted molar refractivity (Wildman–Crippen MR) is 96.6 cm³/mol. The van der Waals surface area contributed by atoms with E-state index in [1.165, 1.54) is 28.4 Å². The van der Waals surface area contributed by atoms with Gasteiger partial charge in [-0.15, -0.1) is 0 Å². The molecule has 0 saturated carbocycles. The second-order valence-corrected chi connectivity index (χ2v) is 5.18. The molecule has 25 heavy (non-hydrogen) atoms. The first-order valence-electron chi connectivity index (χ1n) is 7.37. The fourth-order valence-corrected chi connectivity index (χ4v) is 2.50. The van der Waals surface area contributed by atoms with Gasteiger partial charge in [-0.2, -0.15) is 0 Å². The van der Waals surface area contributed by atoms with Crippen molar-refractivity contribution in [1.29, 1.82) is 0 Å². The van der Waals surface area contributed by atoms with Gasteiger partial charge in [-0.05, 0) is 35.4 Å². The number of aliphatic hydroxyl groups excluding tert-OH is 1. The summed E-state index contributed by atoms with van der Waals surface area (Å²) in [5, 5.41) is 20.4. The van der Waals surface area contributed by atoms with E-state index in [1.54, 1.807) is 30.3 Å². The molecule has 2 aromatic rings. The van der Waals surface area contributed by atoms with E-state index in [0.29, 0.717) is 35.0 Å². The molecule has 6 nitrogen and oxygen atoms in total. The molecule has 1 atom stereocenters. The third-order valence-corrected chi connectivity index (χ3v) is 3.74. The molecule has 0 saturated heterocycles. The average molecular weight is 374 g/mol. The van der Waals surface area contributed by atoms with Crippen molar-refractivity contribution in [2.75, 3.05) is 28.4 Å². The Labute approximate surface area is 190 Å². The number of ether oxygens (including phenoxy) is 4. The number of benzene rings is 2. The summed E-state index contributed by atoms with van der Waals surface area (Å²) in [4.78, 5) is 0. The predicted octanol–water partition coefficient (Wildman–Crippen LogP) is 2.05. The van der Waals surface area contributed by atoms with Crippen LogP contribution in [0, 0.1) is 0 Å². The quantitative estimate of drug-likeness (QED) is 0.723. The van der Waals surface area contributed by atoms with Crippen LogP contribution in [0.25, 0.3) is 0 Å². The second kappa shape index (κ2) is 10.2. The molecule has 0 aromatic heterocycles. The summed E-state index contributed by atoms with van der Waals surface area (Å²) in [5.41, 5.74) is 1.40. The molecule has 132 valence electrons. The van der Waals surface area contributed by atoms with Crippen molar-refractivity contribution in [3.63, 3.8) is 0 Å². The van der Waals surface area contributed by atoms with E-state index in [9.17, 15) is 10.2 Å². The van der Waals surface area contributed by atoms with Gasteiger partial charge in [0.1, 0.15) is 0 Å². The zero-order chi connectivity index (χ0) is 17.7. The first-order chi connectivity index (χ1) is 11.5. The van der Waals surface area contributed by atoms with Crippen LogP contribution in [0.15, 0.2) is 30.3 Å². The van der Waals surface area contributed by atoms with Crippen molar-refractivity contribution in [2.45, 2.75) is 12.5 Å². The Morgan fingerprint density at radius 3 is 1.84 bits per heavy atom. The molecule has 0 bridgehead atoms. The number of aromatic hydroxyl groups is 1. The minimum absolute atomic E-state index is 0. The van der Waals surface area contributed by atoms with E-state index in [4.69, 9.17) is 18.9 Å². The Morgan fingerprint density at radius 1 is 0.840 bits per heavy atom. The van der Waals surface area contributed by atoms with Crippen LogP contribution >= 0.6 is 0 Å². The first-order valence-corrected chi connectivity index (χ1v) is 7.37. The average Bonchev–Trinajstić information content (AvgIpc) is 2.60. The number of rotatable bonds is 7. The van der Waals surface area contributed by atoms with Crippen LogP contribution in [-0.2, 0) is 6.42 Å². The van der Waals surface area contributed by atoms with Crippen molar-refractivity contribution >= 4 is 51.4 Å². The Kier molecular flexibility index (Phi) is 9.05. The van der Waals surface area contributed by atoms with Crippen LogP contribution in [0.1, 0.15) is 17.2 Å². The van der Waals surface area contributed by atoms with Crippen molar-refractivity contribution < 1.29 is 29.2 Å². The van der Waals surface area contributed by atoms with Gasteiger partial charge in [0.05, 0.1) is 34.5 Å². The van der Waals surface area contributed by atoms with Crippen LogP contribution in [0.2, 0.25) is 0 Å². The summed E-state index contributed by atoms with van der Waals surface area (Å²) in [6, 6.07) is 8.43. The third kappa shape index (κ3) is 5.26. The van der Waals surface area contributed by atoms with Crippen molar-refractivity contribution in [2.24, 2.45) is 0 Å². The molecular formula is C18H23KO6. The van der Waals surface area contributed by atoms with Crippen LogP contribution in [-0.4, -0.2) is 90.0 Å². The van der Waals surface area contributed by atoms with E-state index in [0.717, 1.165) is 5.56 Å². The molecule has 0 amide bonds. The molecule has 0 spiro atoms. The summed E-state index contributed by atoms with van der Waals surface area (Å²) in [5.74, 6) is 1.85. The summed E-state index contributed by atoms with van der Waals surface area (Å²) >= 11 is 0. The van der Waals surface area contributed by atoms with Gasteiger partial charge in [-0.1, -0.05) is 6.07 Å². The number of aliphatic hydroxyl groups is 1. The number of methoxy groups -OCH3 is 4. The molecule has 0 aliphatic heterocycles. The minimum atomic E-state index is -0.800. The summed E-state index contributed by atoms with van der Waals surface area (Å²) in [6.45, 7) is 0. The molecule has 0 fully saturated rings. The number of hydrogen-bond donors (Lipinski definition) is 2. The van der Waals surface area contributed by atoms with Crippen LogP contribution in [0.3, 0.4) is 0 Å². The molecule has 0 heterocycles. The Morgan fingerprint density at radius 2 is 1.40 bits per heavy atom. The standard InChI is InChI=1S/C18H22O6.K.H/c1-21-15-6-5-11(8-14(15)20)7-13(19)12-9-16(22-2)18(24-4)17(10-12)23-3;;/h5-6,8-10,13,19-20H,7H2,1-4H3;;/t13-;;/m1../s1. The molecule has 0 aliphatic rings. The molecule has 0 aliphatic carbocycles. The number of hydrogen-bond acceptors (Lipinski definition) is 6. The van der Waals surface area contributed by atoms with Gasteiger partial charge in [0.2, 0.25) is 5.75 Å². The SMILES string of the molecule is COc1ccc(C[C@@H](O)c2cc(OC)c(OC)c(OC)c2)cc1O.[KH]. The number of phenolic OH excluding ortho intramolecular Hbond substituents is 1. The van der Waals surface area contributed by atoms with E-state index < -0.39 is 6.10 Å². The molecule has 0 radical (unpaired) electrons. The molecule has 0 unspecified atom stereocenters. The van der Waals surface area contributed by atoms with Gasteiger partial charge in [0.25, 0.3) is 0 Å². The summed E-state index contributed by atoms with van der Waals surface area (Å²) in [7, 11) is 6.06. The Hall–Kier alpha value is -0.964. The maximum absolute atomic E-state index is 10.5. The van der Waals surface area contributed by atoms with Gasteiger partial charge in [0, 0.05) is 6.42 Å². The van der Waals surface area contributed by atoms with E-state index in [2.05, 4.69) is 0 Å². The maximum atomic E-state index is 10.5. The van der Waals surface area contributed by atoms with E-state index in [-0.39, 0.29) is 57.1 Å². The molecule has 2 N–H and O–H groups in total. The second-order valence-electron chi connectivity index (χ2n) is 5.18. The molecular weight excluding hydrogens is 351 g/mol. The third-order valence-electron chi connectivity index (χ3n) is 3.74. The Bertz CT molecular complexity index is 679. The van der Waals surface area contributed by atoms with Gasteiger partial charge < -0.3 is 29.2 Å². The normalized spacial score (nSPS) is 11.2. The summed E-state index contributed by atoms with van der Waals surface area (Å²) < 4.78 is 20.9. The van der Waals surface area contributed by atoms with Crippen LogP contribution in [0.4, 0.5) is 0 Å². The van der Waals surface area contributed by atoms with Gasteiger partial charge >= 0.3 is 51.4 Å². The molecule has 7 heteroatoms. The monoisotopic (exact) mass is 374 g/mol. The van der Waals surface area contributed by atoms with Crippen molar-refractivity contribution in [3.05, 3.63) is 41.5 Å². The fourth-order valence-electron chi connectivity index (χ4n) is 2.50. The van der Waals surface area contributed by atoms with E-state index >= 15 is 0 Å². The zero-order valence-corrected chi connectivity index (χ0v) is 14.2. The van der Waals surface area contributed by atoms with Crippen LogP contribution < -0.4 is 18.9 Å². The zero-order valence-electron chi connectivity index (χ0n) is 14.2. The summed E-state index contributed by atoms with van der Waals surface area (Å²) in [6.07, 6.45) is -0.484. The number of phenols is 1. The molecule has 2 rings (SSSR count). The fraction of sp³-hybridized carbons (Fsp3) is 0.333. The van der Waals surface area contributed by atoms with Crippen molar-refractivity contribution in [3.8, 4) is 28.7 Å². The molecule has 2 aromatic carbocycles. The van der Waals surface area contributed by atoms with E-state index in [1.807, 2.05) is 0 Å². The Balaban J connectivity index is 0.00000312. The topological polar surface area (TPSA) is 77.4 Å². The van der Waals surface area contributed by atoms with Gasteiger partial charge in [0.15, 0.2) is 23.0 Å². The first kappa shape index (κ1) is 22.1. The van der Waals surface area contributed by atoms with Crippen LogP contribution in [0.5, 0.6) is 28.7 Å².